The molecule has 2 saturated heterocycles. The van der Waals surface area contributed by atoms with E-state index in [1.165, 1.54) is 0 Å². The minimum atomic E-state index is -5.13. The van der Waals surface area contributed by atoms with Crippen LogP contribution in [0.5, 0.6) is 0 Å². The SMILES string of the molecule is O=C(Nc1cccc(F)c1F)C(=O)N1CC2(CC2)C[C@H]1C(=O)O[C@@H](C[C@@H]1CCNC1=O)C(=O)COC(F)(F)F. The van der Waals surface area contributed by atoms with E-state index < -0.39 is 89.7 Å². The highest BCUT2D eigenvalue weighted by atomic mass is 19.4. The maximum atomic E-state index is 14.0. The Kier molecular flexibility index (Phi) is 7.91. The number of carbonyl (C=O) groups excluding carboxylic acids is 5. The number of amides is 3. The minimum Gasteiger partial charge on any atom is -0.453 e. The first-order valence-electron chi connectivity index (χ1n) is 12.1. The molecule has 3 fully saturated rings. The second kappa shape index (κ2) is 10.9. The number of ether oxygens (including phenoxy) is 2. The lowest BCUT2D eigenvalue weighted by atomic mass is 9.97. The van der Waals surface area contributed by atoms with Crippen LogP contribution in [0.25, 0.3) is 0 Å². The Morgan fingerprint density at radius 1 is 1.18 bits per heavy atom. The molecule has 4 rings (SSSR count). The Balaban J connectivity index is 1.48. The molecule has 1 saturated carbocycles. The second-order valence-electron chi connectivity index (χ2n) is 9.85. The van der Waals surface area contributed by atoms with Crippen LogP contribution < -0.4 is 10.6 Å². The maximum Gasteiger partial charge on any atom is 0.522 e. The van der Waals surface area contributed by atoms with E-state index in [9.17, 15) is 45.9 Å². The van der Waals surface area contributed by atoms with E-state index in [-0.39, 0.29) is 25.9 Å². The number of nitrogens with one attached hydrogen (secondary N) is 2. The average Bonchev–Trinajstić information content (AvgIpc) is 3.33. The largest absolute Gasteiger partial charge is 0.522 e. The first-order chi connectivity index (χ1) is 18.3. The molecule has 1 aliphatic carbocycles. The Hall–Kier alpha value is -3.62. The number of benzene rings is 1. The van der Waals surface area contributed by atoms with Gasteiger partial charge >= 0.3 is 24.1 Å². The lowest BCUT2D eigenvalue weighted by Crippen LogP contribution is -2.48. The Labute approximate surface area is 218 Å². The van der Waals surface area contributed by atoms with Crippen LogP contribution in [0.15, 0.2) is 18.2 Å². The van der Waals surface area contributed by atoms with Crippen molar-refractivity contribution in [2.75, 3.05) is 25.0 Å². The van der Waals surface area contributed by atoms with Crippen LogP contribution >= 0.6 is 0 Å². The van der Waals surface area contributed by atoms with Crippen molar-refractivity contribution in [3.8, 4) is 0 Å². The first kappa shape index (κ1) is 28.4. The van der Waals surface area contributed by atoms with Crippen LogP contribution in [-0.4, -0.2) is 72.6 Å². The summed E-state index contributed by atoms with van der Waals surface area (Å²) in [5, 5.41) is 4.47. The van der Waals surface area contributed by atoms with E-state index in [0.29, 0.717) is 12.8 Å². The molecule has 1 aromatic carbocycles. The summed E-state index contributed by atoms with van der Waals surface area (Å²) in [5.74, 6) is -8.92. The molecular weight excluding hydrogens is 537 g/mol. The van der Waals surface area contributed by atoms with Crippen LogP contribution in [0.2, 0.25) is 0 Å². The molecule has 0 radical (unpaired) electrons. The zero-order valence-electron chi connectivity index (χ0n) is 20.3. The molecule has 2 N–H and O–H groups in total. The van der Waals surface area contributed by atoms with Gasteiger partial charge in [0.2, 0.25) is 5.91 Å². The molecule has 1 spiro atoms. The van der Waals surface area contributed by atoms with Crippen LogP contribution in [0.3, 0.4) is 0 Å². The number of anilines is 1. The van der Waals surface area contributed by atoms with Crippen molar-refractivity contribution in [2.24, 2.45) is 11.3 Å². The number of alkyl halides is 3. The maximum absolute atomic E-state index is 14.0. The summed E-state index contributed by atoms with van der Waals surface area (Å²) in [6.45, 7) is -1.23. The topological polar surface area (TPSA) is 131 Å². The monoisotopic (exact) mass is 561 g/mol. The van der Waals surface area contributed by atoms with E-state index >= 15 is 0 Å². The van der Waals surface area contributed by atoms with Gasteiger partial charge in [-0.3, -0.25) is 23.9 Å². The molecule has 0 aromatic heterocycles. The molecule has 0 bridgehead atoms. The molecule has 0 unspecified atom stereocenters. The highest BCUT2D eigenvalue weighted by molar-refractivity contribution is 6.40. The number of carbonyl (C=O) groups is 5. The molecule has 39 heavy (non-hydrogen) atoms. The summed E-state index contributed by atoms with van der Waals surface area (Å²) in [6, 6.07) is 1.57. The molecule has 3 aliphatic rings. The van der Waals surface area contributed by atoms with Gasteiger partial charge in [-0.1, -0.05) is 6.07 Å². The van der Waals surface area contributed by atoms with E-state index in [4.69, 9.17) is 4.74 Å². The number of hydrogen-bond donors (Lipinski definition) is 2. The number of Topliss-reactive ketones (excluding diaryl/α,β-unsaturated/α-hetero) is 1. The smallest absolute Gasteiger partial charge is 0.453 e. The molecule has 1 aromatic rings. The third kappa shape index (κ3) is 6.69. The van der Waals surface area contributed by atoms with Gasteiger partial charge in [0.15, 0.2) is 23.5 Å². The number of ketones is 1. The molecule has 212 valence electrons. The number of rotatable bonds is 8. The fourth-order valence-electron chi connectivity index (χ4n) is 4.76. The number of halogens is 5. The van der Waals surface area contributed by atoms with E-state index in [1.54, 1.807) is 0 Å². The van der Waals surface area contributed by atoms with Crippen molar-refractivity contribution in [3.63, 3.8) is 0 Å². The lowest BCUT2D eigenvalue weighted by Gasteiger charge is -2.26. The van der Waals surface area contributed by atoms with Crippen molar-refractivity contribution < 1.29 is 55.4 Å². The van der Waals surface area contributed by atoms with Crippen molar-refractivity contribution >= 4 is 35.2 Å². The van der Waals surface area contributed by atoms with E-state index in [2.05, 4.69) is 10.1 Å². The fourth-order valence-corrected chi connectivity index (χ4v) is 4.76. The fraction of sp³-hybridized carbons (Fsp3) is 0.542. The average molecular weight is 561 g/mol. The van der Waals surface area contributed by atoms with E-state index in [1.807, 2.05) is 5.32 Å². The van der Waals surface area contributed by atoms with Crippen molar-refractivity contribution in [3.05, 3.63) is 29.8 Å². The molecule has 3 atom stereocenters. The summed E-state index contributed by atoms with van der Waals surface area (Å²) in [5.41, 5.74) is -1.09. The van der Waals surface area contributed by atoms with Gasteiger partial charge in [-0.15, -0.1) is 13.2 Å². The predicted octanol–water partition coefficient (Wildman–Crippen LogP) is 1.83. The van der Waals surface area contributed by atoms with Gasteiger partial charge in [0.25, 0.3) is 0 Å². The van der Waals surface area contributed by atoms with Crippen molar-refractivity contribution in [1.29, 1.82) is 0 Å². The van der Waals surface area contributed by atoms with Gasteiger partial charge in [0, 0.05) is 25.4 Å². The van der Waals surface area contributed by atoms with Crippen molar-refractivity contribution in [2.45, 2.75) is 50.6 Å². The first-order valence-corrected chi connectivity index (χ1v) is 12.1. The standard InChI is InChI=1S/C24H24F5N3O7/c25-13-2-1-3-14(18(13)26)31-20(35)21(36)32-11-23(5-6-23)9-15(32)22(37)39-17(8-12-4-7-30-19(12)34)16(33)10-38-24(27,28)29/h1-3,12,15,17H,4-11H2,(H,30,34)(H,31,35)/t12-,15-,17-/m0/s1. The van der Waals surface area contributed by atoms with Gasteiger partial charge in [-0.25, -0.2) is 13.6 Å². The van der Waals surface area contributed by atoms with Gasteiger partial charge in [-0.05, 0) is 43.2 Å². The summed E-state index contributed by atoms with van der Waals surface area (Å²) >= 11 is 0. The number of nitrogens with zero attached hydrogens (tertiary/aromatic N) is 1. The molecule has 3 amide bonds. The molecule has 15 heteroatoms. The van der Waals surface area contributed by atoms with Crippen LogP contribution in [0, 0.1) is 23.0 Å². The molecular formula is C24H24F5N3O7. The summed E-state index contributed by atoms with van der Waals surface area (Å²) in [4.78, 5) is 64.1. The summed E-state index contributed by atoms with van der Waals surface area (Å²) in [6.07, 6.45) is -5.76. The predicted molar refractivity (Wildman–Crippen MR) is 119 cm³/mol. The highest BCUT2D eigenvalue weighted by Crippen LogP contribution is 2.55. The summed E-state index contributed by atoms with van der Waals surface area (Å²) in [7, 11) is 0. The highest BCUT2D eigenvalue weighted by Gasteiger charge is 2.57. The minimum absolute atomic E-state index is 0.0362. The third-order valence-corrected chi connectivity index (χ3v) is 7.05. The normalized spacial score (nSPS) is 22.4. The zero-order valence-corrected chi connectivity index (χ0v) is 20.3. The van der Waals surface area contributed by atoms with Crippen molar-refractivity contribution in [1.82, 2.24) is 10.2 Å². The lowest BCUT2D eigenvalue weighted by molar-refractivity contribution is -0.321. The quantitative estimate of drug-likeness (QED) is 0.281. The number of hydrogen-bond acceptors (Lipinski definition) is 7. The van der Waals surface area contributed by atoms with Crippen LogP contribution in [0.1, 0.15) is 32.1 Å². The van der Waals surface area contributed by atoms with Gasteiger partial charge in [0.1, 0.15) is 12.6 Å². The van der Waals surface area contributed by atoms with Gasteiger partial charge < -0.3 is 20.3 Å². The second-order valence-corrected chi connectivity index (χ2v) is 9.85. The Morgan fingerprint density at radius 3 is 2.51 bits per heavy atom. The number of esters is 1. The van der Waals surface area contributed by atoms with E-state index in [0.717, 1.165) is 23.1 Å². The Bertz CT molecular complexity index is 1190. The third-order valence-electron chi connectivity index (χ3n) is 7.05. The molecule has 10 nitrogen and oxygen atoms in total. The Morgan fingerprint density at radius 2 is 1.90 bits per heavy atom. The number of likely N-dealkylation sites (tertiary alicyclic amines) is 1. The van der Waals surface area contributed by atoms with Gasteiger partial charge in [0.05, 0.1) is 5.69 Å². The molecule has 2 heterocycles. The zero-order chi connectivity index (χ0) is 28.5. The molecule has 2 aliphatic heterocycles. The van der Waals surface area contributed by atoms with Crippen LogP contribution in [0.4, 0.5) is 27.6 Å². The van der Waals surface area contributed by atoms with Gasteiger partial charge in [-0.2, -0.15) is 0 Å². The van der Waals surface area contributed by atoms with Crippen LogP contribution in [-0.2, 0) is 33.4 Å². The summed E-state index contributed by atoms with van der Waals surface area (Å²) < 4.78 is 73.7.